The van der Waals surface area contributed by atoms with Crippen molar-refractivity contribution < 1.29 is 14.7 Å². The van der Waals surface area contributed by atoms with Gasteiger partial charge in [0, 0.05) is 4.47 Å². The van der Waals surface area contributed by atoms with Gasteiger partial charge in [-0.05, 0) is 29.8 Å². The van der Waals surface area contributed by atoms with E-state index in [1.54, 1.807) is 36.4 Å². The number of hydrogen-bond donors (Lipinski definition) is 2. The molecule has 2 aromatic carbocycles. The molecule has 0 fully saturated rings. The largest absolute Gasteiger partial charge is 0.478 e. The maximum Gasteiger partial charge on any atom is 0.335 e. The van der Waals surface area contributed by atoms with Gasteiger partial charge in [-0.2, -0.15) is 0 Å². The Morgan fingerprint density at radius 1 is 1.19 bits per heavy atom. The van der Waals surface area contributed by atoms with E-state index in [1.165, 1.54) is 6.07 Å². The first-order valence-corrected chi connectivity index (χ1v) is 7.20. The fourth-order valence-electron chi connectivity index (χ4n) is 1.84. The van der Waals surface area contributed by atoms with Crippen molar-refractivity contribution in [3.63, 3.8) is 0 Å². The summed E-state index contributed by atoms with van der Waals surface area (Å²) in [5, 5.41) is 12.2. The number of aromatic carboxylic acids is 1. The summed E-state index contributed by atoms with van der Waals surface area (Å²) in [6.07, 6.45) is -0.0329. The Morgan fingerprint density at radius 2 is 1.90 bits per heavy atom. The molecule has 4 nitrogen and oxygen atoms in total. The number of nitrogens with one attached hydrogen (secondary N) is 1. The number of carboxylic acids is 1. The fourth-order valence-corrected chi connectivity index (χ4v) is 2.56. The Kier molecular flexibility index (Phi) is 4.98. The first-order valence-electron chi connectivity index (χ1n) is 6.03. The molecule has 0 heterocycles. The van der Waals surface area contributed by atoms with Crippen molar-refractivity contribution in [3.05, 3.63) is 63.1 Å². The molecule has 0 radical (unpaired) electrons. The number of amides is 1. The maximum atomic E-state index is 12.0. The highest BCUT2D eigenvalue weighted by Gasteiger charge is 2.13. The predicted molar refractivity (Wildman–Crippen MR) is 84.9 cm³/mol. The highest BCUT2D eigenvalue weighted by Crippen LogP contribution is 2.25. The Hall–Kier alpha value is -1.85. The Bertz CT molecular complexity index is 703. The highest BCUT2D eigenvalue weighted by molar-refractivity contribution is 9.10. The van der Waals surface area contributed by atoms with E-state index in [4.69, 9.17) is 16.7 Å². The second kappa shape index (κ2) is 6.74. The molecule has 0 atom stereocenters. The van der Waals surface area contributed by atoms with Gasteiger partial charge in [-0.3, -0.25) is 4.79 Å². The second-order valence-corrected chi connectivity index (χ2v) is 5.63. The molecule has 0 spiro atoms. The molecule has 0 aromatic heterocycles. The van der Waals surface area contributed by atoms with Gasteiger partial charge in [-0.15, -0.1) is 0 Å². The van der Waals surface area contributed by atoms with E-state index >= 15 is 0 Å². The average Bonchev–Trinajstić information content (AvgIpc) is 2.42. The molecule has 0 bridgehead atoms. The molecule has 0 aliphatic carbocycles. The second-order valence-electron chi connectivity index (χ2n) is 4.31. The van der Waals surface area contributed by atoms with Gasteiger partial charge in [-0.1, -0.05) is 45.7 Å². The van der Waals surface area contributed by atoms with Crippen LogP contribution in [-0.4, -0.2) is 17.0 Å². The molecule has 2 rings (SSSR count). The predicted octanol–water partition coefficient (Wildman–Crippen LogP) is 3.98. The quantitative estimate of drug-likeness (QED) is 0.858. The van der Waals surface area contributed by atoms with Crippen molar-refractivity contribution in [1.29, 1.82) is 0 Å². The minimum atomic E-state index is -1.06. The van der Waals surface area contributed by atoms with Crippen LogP contribution in [0.2, 0.25) is 5.02 Å². The lowest BCUT2D eigenvalue weighted by molar-refractivity contribution is -0.115. The summed E-state index contributed by atoms with van der Waals surface area (Å²) in [4.78, 5) is 23.1. The molecule has 0 saturated carbocycles. The van der Waals surface area contributed by atoms with E-state index in [0.29, 0.717) is 16.3 Å². The van der Waals surface area contributed by atoms with Crippen LogP contribution in [0.3, 0.4) is 0 Å². The Balaban J connectivity index is 2.14. The molecule has 2 aromatic rings. The lowest BCUT2D eigenvalue weighted by Crippen LogP contribution is -2.16. The van der Waals surface area contributed by atoms with Crippen LogP contribution in [0.4, 0.5) is 5.69 Å². The number of anilines is 1. The number of benzene rings is 2. The van der Waals surface area contributed by atoms with Gasteiger partial charge in [0.2, 0.25) is 5.91 Å². The third kappa shape index (κ3) is 4.06. The van der Waals surface area contributed by atoms with E-state index in [9.17, 15) is 9.59 Å². The molecule has 21 heavy (non-hydrogen) atoms. The minimum Gasteiger partial charge on any atom is -0.478 e. The number of carboxylic acid groups (broad SMARTS) is 1. The molecular weight excluding hydrogens is 358 g/mol. The van der Waals surface area contributed by atoms with Gasteiger partial charge in [0.15, 0.2) is 0 Å². The average molecular weight is 369 g/mol. The first kappa shape index (κ1) is 15.5. The molecular formula is C15H11BrClNO3. The summed E-state index contributed by atoms with van der Waals surface area (Å²) in [6, 6.07) is 11.5. The summed E-state index contributed by atoms with van der Waals surface area (Å²) in [6.45, 7) is 0. The van der Waals surface area contributed by atoms with Crippen molar-refractivity contribution in [2.45, 2.75) is 6.42 Å². The Morgan fingerprint density at radius 3 is 2.57 bits per heavy atom. The van der Waals surface area contributed by atoms with Crippen molar-refractivity contribution in [2.75, 3.05) is 5.32 Å². The number of hydrogen-bond acceptors (Lipinski definition) is 2. The standard InChI is InChI=1S/C15H11BrClNO3/c16-10-5-6-13(12(17)8-10)18-14(19)7-9-3-1-2-4-11(9)15(20)21/h1-6,8H,7H2,(H,18,19)(H,20,21). The normalized spacial score (nSPS) is 10.2. The third-order valence-corrected chi connectivity index (χ3v) is 3.61. The van der Waals surface area contributed by atoms with Crippen LogP contribution in [-0.2, 0) is 11.2 Å². The summed E-state index contributed by atoms with van der Waals surface area (Å²) in [5.41, 5.74) is 1.06. The van der Waals surface area contributed by atoms with Crippen molar-refractivity contribution >= 4 is 45.1 Å². The Labute approximate surface area is 134 Å². The van der Waals surface area contributed by atoms with E-state index in [2.05, 4.69) is 21.2 Å². The molecule has 0 aliphatic heterocycles. The summed E-state index contributed by atoms with van der Waals surface area (Å²) >= 11 is 9.30. The summed E-state index contributed by atoms with van der Waals surface area (Å²) in [5.74, 6) is -1.38. The molecule has 0 saturated heterocycles. The lowest BCUT2D eigenvalue weighted by atomic mass is 10.0. The number of carbonyl (C=O) groups is 2. The van der Waals surface area contributed by atoms with Gasteiger partial charge in [0.25, 0.3) is 0 Å². The zero-order valence-electron chi connectivity index (χ0n) is 10.8. The molecule has 108 valence electrons. The highest BCUT2D eigenvalue weighted by atomic mass is 79.9. The monoisotopic (exact) mass is 367 g/mol. The van der Waals surface area contributed by atoms with Gasteiger partial charge >= 0.3 is 5.97 Å². The minimum absolute atomic E-state index is 0.0329. The number of rotatable bonds is 4. The van der Waals surface area contributed by atoms with Gasteiger partial charge in [0.05, 0.1) is 22.7 Å². The lowest BCUT2D eigenvalue weighted by Gasteiger charge is -2.09. The van der Waals surface area contributed by atoms with Gasteiger partial charge < -0.3 is 10.4 Å². The van der Waals surface area contributed by atoms with E-state index in [-0.39, 0.29) is 17.9 Å². The van der Waals surface area contributed by atoms with Crippen molar-refractivity contribution in [2.24, 2.45) is 0 Å². The molecule has 6 heteroatoms. The van der Waals surface area contributed by atoms with Crippen LogP contribution >= 0.6 is 27.5 Å². The summed E-state index contributed by atoms with van der Waals surface area (Å²) in [7, 11) is 0. The summed E-state index contributed by atoms with van der Waals surface area (Å²) < 4.78 is 0.807. The van der Waals surface area contributed by atoms with Gasteiger partial charge in [0.1, 0.15) is 0 Å². The third-order valence-electron chi connectivity index (χ3n) is 2.80. The SMILES string of the molecule is O=C(Cc1ccccc1C(=O)O)Nc1ccc(Br)cc1Cl. The molecule has 1 amide bonds. The molecule has 0 aliphatic rings. The van der Waals surface area contributed by atoms with E-state index in [0.717, 1.165) is 4.47 Å². The van der Waals surface area contributed by atoms with Crippen molar-refractivity contribution in [1.82, 2.24) is 0 Å². The molecule has 0 unspecified atom stereocenters. The zero-order valence-corrected chi connectivity index (χ0v) is 13.1. The van der Waals surface area contributed by atoms with Crippen LogP contribution in [0, 0.1) is 0 Å². The molecule has 2 N–H and O–H groups in total. The van der Waals surface area contributed by atoms with Crippen LogP contribution in [0.25, 0.3) is 0 Å². The van der Waals surface area contributed by atoms with E-state index < -0.39 is 5.97 Å². The smallest absolute Gasteiger partial charge is 0.335 e. The van der Waals surface area contributed by atoms with E-state index in [1.807, 2.05) is 0 Å². The zero-order chi connectivity index (χ0) is 15.4. The van der Waals surface area contributed by atoms with Crippen LogP contribution in [0.5, 0.6) is 0 Å². The topological polar surface area (TPSA) is 66.4 Å². The first-order chi connectivity index (χ1) is 9.97. The fraction of sp³-hybridized carbons (Fsp3) is 0.0667. The number of halogens is 2. The van der Waals surface area contributed by atoms with Crippen LogP contribution in [0.15, 0.2) is 46.9 Å². The number of carbonyl (C=O) groups excluding carboxylic acids is 1. The van der Waals surface area contributed by atoms with Crippen LogP contribution in [0.1, 0.15) is 15.9 Å². The van der Waals surface area contributed by atoms with Crippen LogP contribution < -0.4 is 5.32 Å². The van der Waals surface area contributed by atoms with Gasteiger partial charge in [-0.25, -0.2) is 4.79 Å². The maximum absolute atomic E-state index is 12.0. The van der Waals surface area contributed by atoms with Crippen molar-refractivity contribution in [3.8, 4) is 0 Å².